The number of carbonyl (C=O) groups is 1. The highest BCUT2D eigenvalue weighted by molar-refractivity contribution is 7.99. The first kappa shape index (κ1) is 20.0. The number of H-pyrrole nitrogens is 1. The number of hydrogen-bond acceptors (Lipinski definition) is 6. The zero-order chi connectivity index (χ0) is 20.1. The minimum absolute atomic E-state index is 0.0388. The zero-order valence-electron chi connectivity index (χ0n) is 16.4. The Morgan fingerprint density at radius 1 is 1.21 bits per heavy atom. The van der Waals surface area contributed by atoms with Crippen molar-refractivity contribution in [3.05, 3.63) is 34.7 Å². The van der Waals surface area contributed by atoms with E-state index in [1.54, 1.807) is 4.57 Å². The molecule has 2 aliphatic heterocycles. The molecule has 3 heterocycles. The molecule has 9 heteroatoms. The van der Waals surface area contributed by atoms with Crippen molar-refractivity contribution >= 4 is 29.0 Å². The van der Waals surface area contributed by atoms with Crippen molar-refractivity contribution < 1.29 is 9.53 Å². The van der Waals surface area contributed by atoms with Crippen molar-refractivity contribution in [3.8, 4) is 0 Å². The average Bonchev–Trinajstić information content (AvgIpc) is 3.39. The number of nitrogens with zero attached hydrogens (tertiary/aromatic N) is 3. The molecule has 1 aromatic heterocycles. The summed E-state index contributed by atoms with van der Waals surface area (Å²) in [6.45, 7) is 3.40. The molecule has 0 aliphatic carbocycles. The molecule has 0 saturated carbocycles. The summed E-state index contributed by atoms with van der Waals surface area (Å²) >= 11 is 1.25. The summed E-state index contributed by atoms with van der Waals surface area (Å²) in [5.74, 6) is 0.0591. The van der Waals surface area contributed by atoms with Gasteiger partial charge in [0.15, 0.2) is 5.16 Å². The SMILES string of the molecule is O=C(CSc1n[nH]c(=O)n1C[C@H]1CCCO1)Nc1ccc(N2CCCCC2)cc1. The maximum Gasteiger partial charge on any atom is 0.344 e. The van der Waals surface area contributed by atoms with Gasteiger partial charge in [-0.3, -0.25) is 9.36 Å². The normalized spacial score (nSPS) is 19.4. The van der Waals surface area contributed by atoms with E-state index in [-0.39, 0.29) is 23.5 Å². The number of aromatic amines is 1. The first-order valence-electron chi connectivity index (χ1n) is 10.2. The van der Waals surface area contributed by atoms with Crippen LogP contribution in [-0.2, 0) is 16.1 Å². The van der Waals surface area contributed by atoms with Crippen LogP contribution in [0.25, 0.3) is 0 Å². The second kappa shape index (κ2) is 9.49. The smallest absolute Gasteiger partial charge is 0.344 e. The van der Waals surface area contributed by atoms with Crippen LogP contribution in [0.5, 0.6) is 0 Å². The average molecular weight is 418 g/mol. The minimum Gasteiger partial charge on any atom is -0.376 e. The molecule has 0 unspecified atom stereocenters. The number of aromatic nitrogens is 3. The number of amides is 1. The molecule has 2 saturated heterocycles. The second-order valence-electron chi connectivity index (χ2n) is 7.49. The van der Waals surface area contributed by atoms with Crippen LogP contribution in [0.4, 0.5) is 11.4 Å². The monoisotopic (exact) mass is 417 g/mol. The number of thioether (sulfide) groups is 1. The third kappa shape index (κ3) is 5.22. The predicted octanol–water partition coefficient (Wildman–Crippen LogP) is 2.47. The summed E-state index contributed by atoms with van der Waals surface area (Å²) in [7, 11) is 0. The third-order valence-electron chi connectivity index (χ3n) is 5.34. The van der Waals surface area contributed by atoms with Gasteiger partial charge < -0.3 is 15.0 Å². The zero-order valence-corrected chi connectivity index (χ0v) is 17.2. The molecule has 0 bridgehead atoms. The molecule has 156 valence electrons. The fourth-order valence-electron chi connectivity index (χ4n) is 3.80. The summed E-state index contributed by atoms with van der Waals surface area (Å²) in [6, 6.07) is 7.99. The van der Waals surface area contributed by atoms with Gasteiger partial charge >= 0.3 is 5.69 Å². The Bertz CT molecular complexity index is 867. The van der Waals surface area contributed by atoms with Crippen molar-refractivity contribution in [2.45, 2.75) is 49.9 Å². The molecule has 2 N–H and O–H groups in total. The molecule has 8 nitrogen and oxygen atoms in total. The maximum atomic E-state index is 12.3. The van der Waals surface area contributed by atoms with E-state index in [2.05, 4.69) is 32.5 Å². The quantitative estimate of drug-likeness (QED) is 0.673. The Kier molecular flexibility index (Phi) is 6.56. The molecular formula is C20H27N5O3S. The van der Waals surface area contributed by atoms with Crippen LogP contribution in [0.2, 0.25) is 0 Å². The Balaban J connectivity index is 1.29. The first-order valence-corrected chi connectivity index (χ1v) is 11.2. The van der Waals surface area contributed by atoms with Crippen LogP contribution < -0.4 is 15.9 Å². The number of rotatable bonds is 7. The molecule has 29 heavy (non-hydrogen) atoms. The van der Waals surface area contributed by atoms with Gasteiger partial charge in [-0.1, -0.05) is 11.8 Å². The molecule has 0 spiro atoms. The molecule has 1 amide bonds. The van der Waals surface area contributed by atoms with Crippen LogP contribution in [0, 0.1) is 0 Å². The minimum atomic E-state index is -0.267. The molecule has 2 aromatic rings. The lowest BCUT2D eigenvalue weighted by atomic mass is 10.1. The summed E-state index contributed by atoms with van der Waals surface area (Å²) in [4.78, 5) is 26.7. The standard InChI is InChI=1S/C20H27N5O3S/c26-18(21-15-6-8-16(9-7-15)24-10-2-1-3-11-24)14-29-20-23-22-19(27)25(20)13-17-5-4-12-28-17/h6-9,17H,1-5,10-14H2,(H,21,26)(H,22,27)/t17-/m1/s1. The summed E-state index contributed by atoms with van der Waals surface area (Å²) in [6.07, 6.45) is 5.77. The van der Waals surface area contributed by atoms with Crippen molar-refractivity contribution in [1.82, 2.24) is 14.8 Å². The highest BCUT2D eigenvalue weighted by atomic mass is 32.2. The molecule has 1 aromatic carbocycles. The molecule has 0 radical (unpaired) electrons. The number of anilines is 2. The van der Waals surface area contributed by atoms with Crippen LogP contribution in [0.15, 0.2) is 34.2 Å². The second-order valence-corrected chi connectivity index (χ2v) is 8.43. The van der Waals surface area contributed by atoms with E-state index >= 15 is 0 Å². The van der Waals surface area contributed by atoms with Gasteiger partial charge in [0, 0.05) is 31.1 Å². The van der Waals surface area contributed by atoms with Crippen molar-refractivity contribution in [2.75, 3.05) is 35.7 Å². The molecule has 1 atom stereocenters. The number of ether oxygens (including phenoxy) is 1. The van der Waals surface area contributed by atoms with E-state index in [0.717, 1.165) is 38.2 Å². The van der Waals surface area contributed by atoms with Gasteiger partial charge in [0.25, 0.3) is 0 Å². The number of hydrogen-bond donors (Lipinski definition) is 2. The van der Waals surface area contributed by atoms with E-state index in [4.69, 9.17) is 4.74 Å². The number of nitrogens with one attached hydrogen (secondary N) is 2. The highest BCUT2D eigenvalue weighted by Gasteiger charge is 2.20. The van der Waals surface area contributed by atoms with E-state index in [9.17, 15) is 9.59 Å². The summed E-state index contributed by atoms with van der Waals surface area (Å²) in [5, 5.41) is 9.94. The van der Waals surface area contributed by atoms with Crippen LogP contribution >= 0.6 is 11.8 Å². The van der Waals surface area contributed by atoms with E-state index in [1.807, 2.05) is 12.1 Å². The van der Waals surface area contributed by atoms with Gasteiger partial charge in [-0.15, -0.1) is 5.10 Å². The van der Waals surface area contributed by atoms with Crippen molar-refractivity contribution in [3.63, 3.8) is 0 Å². The Morgan fingerprint density at radius 2 is 2.00 bits per heavy atom. The number of piperidine rings is 1. The topological polar surface area (TPSA) is 92.2 Å². The van der Waals surface area contributed by atoms with Crippen LogP contribution in [-0.4, -0.2) is 52.2 Å². The van der Waals surface area contributed by atoms with E-state index < -0.39 is 0 Å². The Labute approximate surface area is 174 Å². The fourth-order valence-corrected chi connectivity index (χ4v) is 4.56. The van der Waals surface area contributed by atoms with Crippen LogP contribution in [0.1, 0.15) is 32.1 Å². The lowest BCUT2D eigenvalue weighted by molar-refractivity contribution is -0.113. The molecule has 2 fully saturated rings. The Morgan fingerprint density at radius 3 is 2.72 bits per heavy atom. The van der Waals surface area contributed by atoms with E-state index in [0.29, 0.717) is 11.7 Å². The summed E-state index contributed by atoms with van der Waals surface area (Å²) in [5.41, 5.74) is 1.71. The van der Waals surface area contributed by atoms with Gasteiger partial charge in [0.2, 0.25) is 5.91 Å². The third-order valence-corrected chi connectivity index (χ3v) is 6.31. The van der Waals surface area contributed by atoms with Gasteiger partial charge in [0.1, 0.15) is 0 Å². The lowest BCUT2D eigenvalue weighted by Crippen LogP contribution is -2.29. The number of benzene rings is 1. The molecular weight excluding hydrogens is 390 g/mol. The van der Waals surface area contributed by atoms with Gasteiger partial charge in [-0.05, 0) is 56.4 Å². The van der Waals surface area contributed by atoms with Gasteiger partial charge in [0.05, 0.1) is 18.4 Å². The molecule has 4 rings (SSSR count). The van der Waals surface area contributed by atoms with Crippen molar-refractivity contribution in [1.29, 1.82) is 0 Å². The summed E-state index contributed by atoms with van der Waals surface area (Å²) < 4.78 is 7.16. The lowest BCUT2D eigenvalue weighted by Gasteiger charge is -2.28. The van der Waals surface area contributed by atoms with Gasteiger partial charge in [-0.2, -0.15) is 0 Å². The Hall–Kier alpha value is -2.26. The largest absolute Gasteiger partial charge is 0.376 e. The predicted molar refractivity (Wildman–Crippen MR) is 114 cm³/mol. The highest BCUT2D eigenvalue weighted by Crippen LogP contribution is 2.22. The first-order chi connectivity index (χ1) is 14.2. The fraction of sp³-hybridized carbons (Fsp3) is 0.550. The molecule has 2 aliphatic rings. The number of carbonyl (C=O) groups excluding carboxylic acids is 1. The maximum absolute atomic E-state index is 12.3. The van der Waals surface area contributed by atoms with Crippen LogP contribution in [0.3, 0.4) is 0 Å². The van der Waals surface area contributed by atoms with Crippen molar-refractivity contribution in [2.24, 2.45) is 0 Å². The van der Waals surface area contributed by atoms with Gasteiger partial charge in [-0.25, -0.2) is 9.89 Å². The van der Waals surface area contributed by atoms with E-state index in [1.165, 1.54) is 36.7 Å².